The van der Waals surface area contributed by atoms with Crippen LogP contribution >= 0.6 is 11.3 Å². The second-order valence-corrected chi connectivity index (χ2v) is 7.62. The fourth-order valence-corrected chi connectivity index (χ4v) is 4.46. The molecule has 7 heteroatoms. The van der Waals surface area contributed by atoms with E-state index < -0.39 is 10.0 Å². The van der Waals surface area contributed by atoms with Gasteiger partial charge in [0.15, 0.2) is 0 Å². The summed E-state index contributed by atoms with van der Waals surface area (Å²) in [6.07, 6.45) is 3.33. The van der Waals surface area contributed by atoms with Gasteiger partial charge in [0.25, 0.3) is 0 Å². The number of hydrogen-bond acceptors (Lipinski definition) is 5. The van der Waals surface area contributed by atoms with Gasteiger partial charge in [0.05, 0.1) is 4.90 Å². The number of nitrogens with one attached hydrogen (secondary N) is 1. The van der Waals surface area contributed by atoms with Gasteiger partial charge in [-0.05, 0) is 35.7 Å². The number of hydrogen-bond donors (Lipinski definition) is 1. The molecule has 0 aliphatic heterocycles. The molecular weight excluding hydrogens is 306 g/mol. The lowest BCUT2D eigenvalue weighted by molar-refractivity contribution is 0.466. The summed E-state index contributed by atoms with van der Waals surface area (Å²) in [6.45, 7) is 3.72. The van der Waals surface area contributed by atoms with Crippen molar-refractivity contribution in [1.29, 1.82) is 0 Å². The van der Waals surface area contributed by atoms with Gasteiger partial charge >= 0.3 is 0 Å². The molecule has 2 aromatic heterocycles. The molecule has 0 spiro atoms. The van der Waals surface area contributed by atoms with Crippen molar-refractivity contribution in [3.05, 3.63) is 46.4 Å². The molecule has 0 amide bonds. The topological polar surface area (TPSA) is 62.3 Å². The quantitative estimate of drug-likeness (QED) is 0.846. The summed E-state index contributed by atoms with van der Waals surface area (Å²) in [7, 11) is -1.87. The van der Waals surface area contributed by atoms with E-state index in [9.17, 15) is 8.42 Å². The Morgan fingerprint density at radius 1 is 1.29 bits per heavy atom. The summed E-state index contributed by atoms with van der Waals surface area (Å²) < 4.78 is 26.7. The van der Waals surface area contributed by atoms with Crippen LogP contribution in [-0.4, -0.2) is 31.3 Å². The summed E-state index contributed by atoms with van der Waals surface area (Å²) in [6, 6.07) is 5.31. The van der Waals surface area contributed by atoms with Crippen LogP contribution in [-0.2, 0) is 23.1 Å². The number of rotatable bonds is 7. The van der Waals surface area contributed by atoms with Gasteiger partial charge in [-0.3, -0.25) is 4.98 Å². The molecule has 1 N–H and O–H groups in total. The Kier molecular flexibility index (Phi) is 5.46. The van der Waals surface area contributed by atoms with Gasteiger partial charge in [0.2, 0.25) is 10.0 Å². The highest BCUT2D eigenvalue weighted by atomic mass is 32.2. The zero-order valence-electron chi connectivity index (χ0n) is 12.1. The SMILES string of the molecule is CCNCc1sccc1S(=O)(=O)N(C)Cc1ccncc1. The van der Waals surface area contributed by atoms with Crippen molar-refractivity contribution in [2.75, 3.05) is 13.6 Å². The van der Waals surface area contributed by atoms with Crippen LogP contribution in [0, 0.1) is 0 Å². The van der Waals surface area contributed by atoms with Crippen molar-refractivity contribution in [2.24, 2.45) is 0 Å². The molecule has 21 heavy (non-hydrogen) atoms. The Morgan fingerprint density at radius 3 is 2.67 bits per heavy atom. The molecule has 0 bridgehead atoms. The maximum Gasteiger partial charge on any atom is 0.244 e. The summed E-state index contributed by atoms with van der Waals surface area (Å²) in [4.78, 5) is 5.18. The maximum atomic E-state index is 12.7. The van der Waals surface area contributed by atoms with Crippen LogP contribution in [0.1, 0.15) is 17.4 Å². The van der Waals surface area contributed by atoms with E-state index in [2.05, 4.69) is 10.3 Å². The molecule has 0 aliphatic rings. The Labute approximate surface area is 129 Å². The van der Waals surface area contributed by atoms with E-state index in [4.69, 9.17) is 0 Å². The van der Waals surface area contributed by atoms with Crippen LogP contribution in [0.15, 0.2) is 40.9 Å². The normalized spacial score (nSPS) is 12.0. The van der Waals surface area contributed by atoms with Crippen molar-refractivity contribution in [1.82, 2.24) is 14.6 Å². The molecule has 5 nitrogen and oxygen atoms in total. The number of aromatic nitrogens is 1. The average Bonchev–Trinajstić information content (AvgIpc) is 2.95. The molecule has 2 rings (SSSR count). The standard InChI is InChI=1S/C14H19N3O2S2/c1-3-15-10-13-14(6-9-20-13)21(18,19)17(2)11-12-4-7-16-8-5-12/h4-9,15H,3,10-11H2,1-2H3. The summed E-state index contributed by atoms with van der Waals surface area (Å²) in [5.74, 6) is 0. The lowest BCUT2D eigenvalue weighted by atomic mass is 10.3. The van der Waals surface area contributed by atoms with Gasteiger partial charge in [-0.1, -0.05) is 6.92 Å². The van der Waals surface area contributed by atoms with Crippen molar-refractivity contribution < 1.29 is 8.42 Å². The van der Waals surface area contributed by atoms with Gasteiger partial charge in [0.1, 0.15) is 0 Å². The fraction of sp³-hybridized carbons (Fsp3) is 0.357. The van der Waals surface area contributed by atoms with Crippen molar-refractivity contribution in [3.63, 3.8) is 0 Å². The van der Waals surface area contributed by atoms with Crippen LogP contribution in [0.3, 0.4) is 0 Å². The highest BCUT2D eigenvalue weighted by Gasteiger charge is 2.24. The monoisotopic (exact) mass is 325 g/mol. The summed E-state index contributed by atoms with van der Waals surface area (Å²) in [5.41, 5.74) is 0.916. The zero-order chi connectivity index (χ0) is 15.3. The van der Waals surface area contributed by atoms with Gasteiger partial charge in [-0.15, -0.1) is 11.3 Å². The maximum absolute atomic E-state index is 12.7. The van der Waals surface area contributed by atoms with Crippen molar-refractivity contribution in [2.45, 2.75) is 24.9 Å². The van der Waals surface area contributed by atoms with E-state index in [-0.39, 0.29) is 0 Å². The third kappa shape index (κ3) is 3.88. The van der Waals surface area contributed by atoms with Crippen molar-refractivity contribution in [3.8, 4) is 0 Å². The molecule has 2 aromatic rings. The first-order chi connectivity index (χ1) is 10.1. The summed E-state index contributed by atoms with van der Waals surface area (Å²) >= 11 is 1.46. The lowest BCUT2D eigenvalue weighted by Gasteiger charge is -2.17. The average molecular weight is 325 g/mol. The van der Waals surface area contributed by atoms with Crippen LogP contribution in [0.2, 0.25) is 0 Å². The lowest BCUT2D eigenvalue weighted by Crippen LogP contribution is -2.27. The molecular formula is C14H19N3O2S2. The minimum Gasteiger partial charge on any atom is -0.312 e. The third-order valence-corrected chi connectivity index (χ3v) is 6.02. The van der Waals surface area contributed by atoms with Gasteiger partial charge < -0.3 is 5.32 Å². The van der Waals surface area contributed by atoms with Gasteiger partial charge in [-0.2, -0.15) is 4.31 Å². The third-order valence-electron chi connectivity index (χ3n) is 3.08. The first kappa shape index (κ1) is 16.1. The van der Waals surface area contributed by atoms with E-state index in [1.54, 1.807) is 25.5 Å². The van der Waals surface area contributed by atoms with Crippen LogP contribution in [0.4, 0.5) is 0 Å². The van der Waals surface area contributed by atoms with Crippen LogP contribution < -0.4 is 5.32 Å². The Morgan fingerprint density at radius 2 is 2.00 bits per heavy atom. The van der Waals surface area contributed by atoms with E-state index in [0.717, 1.165) is 17.0 Å². The molecule has 0 aromatic carbocycles. The predicted octanol–water partition coefficient (Wildman–Crippen LogP) is 2.07. The smallest absolute Gasteiger partial charge is 0.244 e. The van der Waals surface area contributed by atoms with Crippen LogP contribution in [0.5, 0.6) is 0 Å². The molecule has 0 aliphatic carbocycles. The molecule has 0 atom stereocenters. The van der Waals surface area contributed by atoms with E-state index in [1.165, 1.54) is 15.6 Å². The minimum absolute atomic E-state index is 0.335. The Hall–Kier alpha value is -1.28. The molecule has 114 valence electrons. The number of pyridine rings is 1. The minimum atomic E-state index is -3.47. The largest absolute Gasteiger partial charge is 0.312 e. The molecule has 0 unspecified atom stereocenters. The number of nitrogens with zero attached hydrogens (tertiary/aromatic N) is 2. The highest BCUT2D eigenvalue weighted by molar-refractivity contribution is 7.89. The second-order valence-electron chi connectivity index (χ2n) is 4.60. The first-order valence-electron chi connectivity index (χ1n) is 6.68. The Balaban J connectivity index is 2.19. The molecule has 2 heterocycles. The second kappa shape index (κ2) is 7.13. The van der Waals surface area contributed by atoms with Gasteiger partial charge in [-0.25, -0.2) is 8.42 Å². The molecule has 0 fully saturated rings. The number of sulfonamides is 1. The van der Waals surface area contributed by atoms with Crippen molar-refractivity contribution >= 4 is 21.4 Å². The number of thiophene rings is 1. The Bertz CT molecular complexity index is 669. The summed E-state index contributed by atoms with van der Waals surface area (Å²) in [5, 5.41) is 4.99. The van der Waals surface area contributed by atoms with Gasteiger partial charge in [0, 0.05) is 37.4 Å². The highest BCUT2D eigenvalue weighted by Crippen LogP contribution is 2.25. The molecule has 0 saturated heterocycles. The molecule has 0 saturated carbocycles. The predicted molar refractivity (Wildman–Crippen MR) is 84.6 cm³/mol. The van der Waals surface area contributed by atoms with E-state index in [0.29, 0.717) is 18.0 Å². The zero-order valence-corrected chi connectivity index (χ0v) is 13.7. The van der Waals surface area contributed by atoms with Crippen LogP contribution in [0.25, 0.3) is 0 Å². The van der Waals surface area contributed by atoms with E-state index in [1.807, 2.05) is 24.4 Å². The fourth-order valence-electron chi connectivity index (χ4n) is 1.92. The van der Waals surface area contributed by atoms with E-state index >= 15 is 0 Å². The molecule has 0 radical (unpaired) electrons. The first-order valence-corrected chi connectivity index (χ1v) is 9.00.